The second kappa shape index (κ2) is 5.81. The lowest BCUT2D eigenvalue weighted by Gasteiger charge is -2.29. The Morgan fingerprint density at radius 3 is 2.64 bits per heavy atom. The average Bonchev–Trinajstić information content (AvgIpc) is 3.18. The van der Waals surface area contributed by atoms with Gasteiger partial charge in [0.1, 0.15) is 0 Å². The van der Waals surface area contributed by atoms with E-state index in [0.717, 1.165) is 0 Å². The molecule has 2 aromatic heterocycles. The normalized spacial score (nSPS) is 17.3. The van der Waals surface area contributed by atoms with Gasteiger partial charge < -0.3 is 8.83 Å². The number of H-pyrrole nitrogens is 1. The van der Waals surface area contributed by atoms with Gasteiger partial charge in [-0.25, -0.2) is 13.2 Å². The minimum absolute atomic E-state index is 0.0674. The zero-order valence-corrected chi connectivity index (χ0v) is 14.2. The third-order valence-electron chi connectivity index (χ3n) is 4.38. The molecule has 132 valence electrons. The monoisotopic (exact) mass is 364 g/mol. The second-order valence-electron chi connectivity index (χ2n) is 6.01. The van der Waals surface area contributed by atoms with E-state index >= 15 is 0 Å². The van der Waals surface area contributed by atoms with Crippen LogP contribution in [-0.2, 0) is 10.0 Å². The number of aromatic amines is 1. The molecule has 0 spiro atoms. The fourth-order valence-corrected chi connectivity index (χ4v) is 4.54. The number of nitrogens with zero attached hydrogens (tertiary/aromatic N) is 3. The van der Waals surface area contributed by atoms with Crippen LogP contribution in [0, 0.1) is 6.92 Å². The number of aromatic nitrogens is 3. The molecule has 0 radical (unpaired) electrons. The highest BCUT2D eigenvalue weighted by molar-refractivity contribution is 7.89. The van der Waals surface area contributed by atoms with Crippen LogP contribution >= 0.6 is 0 Å². The second-order valence-corrected chi connectivity index (χ2v) is 7.95. The maximum Gasteiger partial charge on any atom is 0.417 e. The van der Waals surface area contributed by atoms with E-state index in [0.29, 0.717) is 43.2 Å². The highest BCUT2D eigenvalue weighted by atomic mass is 32.2. The maximum absolute atomic E-state index is 12.8. The number of piperidine rings is 1. The molecule has 9 nitrogen and oxygen atoms in total. The van der Waals surface area contributed by atoms with Crippen molar-refractivity contribution in [1.29, 1.82) is 0 Å². The third-order valence-corrected chi connectivity index (χ3v) is 6.27. The first-order valence-corrected chi connectivity index (χ1v) is 9.30. The SMILES string of the molecule is Cc1nnc(C2CCN(S(=O)(=O)c3ccc4[nH]c(=O)oc4c3)CC2)o1. The number of rotatable bonds is 3. The lowest BCUT2D eigenvalue weighted by molar-refractivity contribution is 0.288. The third kappa shape index (κ3) is 2.87. The van der Waals surface area contributed by atoms with Crippen molar-refractivity contribution >= 4 is 21.1 Å². The first-order chi connectivity index (χ1) is 11.9. The molecular weight excluding hydrogens is 348 g/mol. The van der Waals surface area contributed by atoms with Gasteiger partial charge in [0.05, 0.1) is 10.4 Å². The van der Waals surface area contributed by atoms with Gasteiger partial charge in [-0.1, -0.05) is 0 Å². The predicted molar refractivity (Wildman–Crippen MR) is 86.6 cm³/mol. The van der Waals surface area contributed by atoms with Crippen molar-refractivity contribution < 1.29 is 17.3 Å². The highest BCUT2D eigenvalue weighted by Gasteiger charge is 2.32. The molecule has 1 aliphatic rings. The molecule has 3 aromatic rings. The van der Waals surface area contributed by atoms with E-state index in [4.69, 9.17) is 8.83 Å². The summed E-state index contributed by atoms with van der Waals surface area (Å²) in [6, 6.07) is 4.37. The Hall–Kier alpha value is -2.46. The first-order valence-electron chi connectivity index (χ1n) is 7.86. The van der Waals surface area contributed by atoms with Crippen molar-refractivity contribution in [1.82, 2.24) is 19.5 Å². The van der Waals surface area contributed by atoms with Crippen LogP contribution in [-0.4, -0.2) is 41.0 Å². The highest BCUT2D eigenvalue weighted by Crippen LogP contribution is 2.30. The molecule has 1 aromatic carbocycles. The number of oxazole rings is 1. The van der Waals surface area contributed by atoms with E-state index in [1.807, 2.05) is 0 Å². The quantitative estimate of drug-likeness (QED) is 0.745. The summed E-state index contributed by atoms with van der Waals surface area (Å²) in [5.41, 5.74) is 0.691. The van der Waals surface area contributed by atoms with E-state index in [1.165, 1.54) is 22.5 Å². The zero-order valence-electron chi connectivity index (χ0n) is 13.4. The summed E-state index contributed by atoms with van der Waals surface area (Å²) in [7, 11) is -3.65. The lowest BCUT2D eigenvalue weighted by Crippen LogP contribution is -2.37. The summed E-state index contributed by atoms with van der Waals surface area (Å²) >= 11 is 0. The van der Waals surface area contributed by atoms with Crippen LogP contribution in [0.1, 0.15) is 30.5 Å². The van der Waals surface area contributed by atoms with E-state index in [-0.39, 0.29) is 16.4 Å². The number of hydrogen-bond acceptors (Lipinski definition) is 7. The van der Waals surface area contributed by atoms with Gasteiger partial charge in [0.15, 0.2) is 5.58 Å². The van der Waals surface area contributed by atoms with Crippen LogP contribution < -0.4 is 5.76 Å². The van der Waals surface area contributed by atoms with Crippen molar-refractivity contribution in [3.8, 4) is 0 Å². The van der Waals surface area contributed by atoms with Gasteiger partial charge in [-0.05, 0) is 25.0 Å². The van der Waals surface area contributed by atoms with Crippen LogP contribution in [0.25, 0.3) is 11.1 Å². The van der Waals surface area contributed by atoms with Gasteiger partial charge in [0.25, 0.3) is 0 Å². The van der Waals surface area contributed by atoms with Gasteiger partial charge in [-0.2, -0.15) is 4.31 Å². The predicted octanol–water partition coefficient (Wildman–Crippen LogP) is 1.38. The van der Waals surface area contributed by atoms with E-state index in [1.54, 1.807) is 6.92 Å². The van der Waals surface area contributed by atoms with Crippen LogP contribution in [0.5, 0.6) is 0 Å². The smallest absolute Gasteiger partial charge is 0.417 e. The Balaban J connectivity index is 1.55. The molecule has 1 fully saturated rings. The number of benzene rings is 1. The summed E-state index contributed by atoms with van der Waals surface area (Å²) in [5.74, 6) is 0.523. The fraction of sp³-hybridized carbons (Fsp3) is 0.400. The van der Waals surface area contributed by atoms with E-state index < -0.39 is 15.8 Å². The number of hydrogen-bond donors (Lipinski definition) is 1. The summed E-state index contributed by atoms with van der Waals surface area (Å²) in [6.45, 7) is 2.46. The molecule has 0 bridgehead atoms. The standard InChI is InChI=1S/C15H16N4O5S/c1-9-17-18-14(23-9)10-4-6-19(7-5-10)25(21,22)11-2-3-12-13(8-11)24-15(20)16-12/h2-3,8,10H,4-7H2,1H3,(H,16,20). The molecule has 0 atom stereocenters. The first kappa shape index (κ1) is 16.0. The van der Waals surface area contributed by atoms with Crippen molar-refractivity contribution in [2.75, 3.05) is 13.1 Å². The molecule has 10 heteroatoms. The number of sulfonamides is 1. The largest absolute Gasteiger partial charge is 0.425 e. The molecule has 4 rings (SSSR count). The average molecular weight is 364 g/mol. The molecule has 1 aliphatic heterocycles. The summed E-state index contributed by atoms with van der Waals surface area (Å²) < 4.78 is 37.5. The molecule has 0 amide bonds. The molecular formula is C15H16N4O5S. The van der Waals surface area contributed by atoms with Crippen molar-refractivity contribution in [2.24, 2.45) is 0 Å². The van der Waals surface area contributed by atoms with Crippen molar-refractivity contribution in [3.63, 3.8) is 0 Å². The van der Waals surface area contributed by atoms with Gasteiger partial charge >= 0.3 is 5.76 Å². The van der Waals surface area contributed by atoms with E-state index in [2.05, 4.69) is 15.2 Å². The topological polar surface area (TPSA) is 122 Å². The lowest BCUT2D eigenvalue weighted by atomic mass is 9.98. The van der Waals surface area contributed by atoms with Gasteiger partial charge in [-0.15, -0.1) is 10.2 Å². The summed E-state index contributed by atoms with van der Waals surface area (Å²) in [4.78, 5) is 13.8. The Bertz CT molecular complexity index is 1070. The maximum atomic E-state index is 12.8. The molecule has 0 aliphatic carbocycles. The Labute approximate surface area is 142 Å². The molecule has 3 heterocycles. The summed E-state index contributed by atoms with van der Waals surface area (Å²) in [6.07, 6.45) is 1.23. The zero-order chi connectivity index (χ0) is 17.6. The molecule has 1 saturated heterocycles. The van der Waals surface area contributed by atoms with Crippen LogP contribution in [0.4, 0.5) is 0 Å². The minimum Gasteiger partial charge on any atom is -0.425 e. The van der Waals surface area contributed by atoms with Crippen LogP contribution in [0.3, 0.4) is 0 Å². The van der Waals surface area contributed by atoms with Gasteiger partial charge in [0, 0.05) is 32.0 Å². The van der Waals surface area contributed by atoms with Crippen molar-refractivity contribution in [3.05, 3.63) is 40.5 Å². The Morgan fingerprint density at radius 1 is 1.20 bits per heavy atom. The van der Waals surface area contributed by atoms with Crippen LogP contribution in [0.2, 0.25) is 0 Å². The number of fused-ring (bicyclic) bond motifs is 1. The fourth-order valence-electron chi connectivity index (χ4n) is 3.06. The van der Waals surface area contributed by atoms with Gasteiger partial charge in [-0.3, -0.25) is 4.98 Å². The number of aryl methyl sites for hydroxylation is 1. The molecule has 0 unspecified atom stereocenters. The van der Waals surface area contributed by atoms with Crippen molar-refractivity contribution in [2.45, 2.75) is 30.6 Å². The van der Waals surface area contributed by atoms with Gasteiger partial charge in [0.2, 0.25) is 21.8 Å². The Morgan fingerprint density at radius 2 is 1.96 bits per heavy atom. The number of nitrogens with one attached hydrogen (secondary N) is 1. The Kier molecular flexibility index (Phi) is 3.73. The minimum atomic E-state index is -3.65. The van der Waals surface area contributed by atoms with E-state index in [9.17, 15) is 13.2 Å². The summed E-state index contributed by atoms with van der Waals surface area (Å²) in [5, 5.41) is 7.84. The molecule has 25 heavy (non-hydrogen) atoms. The van der Waals surface area contributed by atoms with Crippen LogP contribution in [0.15, 0.2) is 36.7 Å². The molecule has 0 saturated carbocycles. The molecule has 1 N–H and O–H groups in total.